The first-order valence-corrected chi connectivity index (χ1v) is 6.97. The summed E-state index contributed by atoms with van der Waals surface area (Å²) >= 11 is 5.93. The predicted molar refractivity (Wildman–Crippen MR) is 80.5 cm³/mol. The van der Waals surface area contributed by atoms with Crippen LogP contribution in [-0.2, 0) is 6.42 Å². The minimum atomic E-state index is 0.292. The average molecular weight is 275 g/mol. The Labute approximate surface area is 119 Å². The number of halogens is 1. The Morgan fingerprint density at radius 3 is 2.58 bits per heavy atom. The van der Waals surface area contributed by atoms with Crippen molar-refractivity contribution in [2.24, 2.45) is 0 Å². The summed E-state index contributed by atoms with van der Waals surface area (Å²) in [6.45, 7) is 5.19. The van der Waals surface area contributed by atoms with E-state index in [0.29, 0.717) is 6.04 Å². The molecule has 0 bridgehead atoms. The van der Waals surface area contributed by atoms with Crippen molar-refractivity contribution in [2.75, 3.05) is 6.54 Å². The summed E-state index contributed by atoms with van der Waals surface area (Å²) in [7, 11) is 0. The number of hydrogen-bond donors (Lipinski definition) is 1. The number of pyridine rings is 1. The standard InChI is InChI=1S/C16H19ClN2/c1-3-19-16(15-11-18-9-8-12(15)2)10-13-4-6-14(17)7-5-13/h4-9,11,16,19H,3,10H2,1-2H3. The third-order valence-corrected chi connectivity index (χ3v) is 3.51. The van der Waals surface area contributed by atoms with Crippen molar-refractivity contribution in [3.05, 3.63) is 64.4 Å². The molecule has 0 saturated carbocycles. The summed E-state index contributed by atoms with van der Waals surface area (Å²) in [5.74, 6) is 0. The Kier molecular flexibility index (Phi) is 4.94. The molecule has 19 heavy (non-hydrogen) atoms. The lowest BCUT2D eigenvalue weighted by Gasteiger charge is -2.20. The van der Waals surface area contributed by atoms with Gasteiger partial charge in [0, 0.05) is 23.5 Å². The number of aryl methyl sites for hydroxylation is 1. The van der Waals surface area contributed by atoms with Gasteiger partial charge in [0.15, 0.2) is 0 Å². The molecule has 2 aromatic rings. The van der Waals surface area contributed by atoms with Gasteiger partial charge in [-0.1, -0.05) is 30.7 Å². The van der Waals surface area contributed by atoms with E-state index in [1.165, 1.54) is 16.7 Å². The first-order valence-electron chi connectivity index (χ1n) is 6.59. The van der Waals surface area contributed by atoms with Crippen LogP contribution in [0.5, 0.6) is 0 Å². The topological polar surface area (TPSA) is 24.9 Å². The Morgan fingerprint density at radius 1 is 1.21 bits per heavy atom. The molecule has 0 radical (unpaired) electrons. The van der Waals surface area contributed by atoms with Gasteiger partial charge in [0.05, 0.1) is 0 Å². The van der Waals surface area contributed by atoms with Crippen molar-refractivity contribution in [3.8, 4) is 0 Å². The second kappa shape index (κ2) is 6.69. The van der Waals surface area contributed by atoms with Crippen molar-refractivity contribution in [2.45, 2.75) is 26.3 Å². The fraction of sp³-hybridized carbons (Fsp3) is 0.312. The number of nitrogens with zero attached hydrogens (tertiary/aromatic N) is 1. The highest BCUT2D eigenvalue weighted by atomic mass is 35.5. The van der Waals surface area contributed by atoms with E-state index in [-0.39, 0.29) is 0 Å². The van der Waals surface area contributed by atoms with Crippen LogP contribution in [0.4, 0.5) is 0 Å². The highest BCUT2D eigenvalue weighted by Crippen LogP contribution is 2.21. The molecule has 0 aliphatic carbocycles. The van der Waals surface area contributed by atoms with Gasteiger partial charge in [-0.15, -0.1) is 0 Å². The molecular formula is C16H19ClN2. The molecule has 0 aliphatic heterocycles. The van der Waals surface area contributed by atoms with Crippen molar-refractivity contribution in [1.29, 1.82) is 0 Å². The van der Waals surface area contributed by atoms with Gasteiger partial charge in [0.1, 0.15) is 0 Å². The number of nitrogens with one attached hydrogen (secondary N) is 1. The SMILES string of the molecule is CCNC(Cc1ccc(Cl)cc1)c1cnccc1C. The van der Waals surface area contributed by atoms with Crippen LogP contribution >= 0.6 is 11.6 Å². The van der Waals surface area contributed by atoms with Crippen molar-refractivity contribution < 1.29 is 0 Å². The molecule has 1 aromatic carbocycles. The van der Waals surface area contributed by atoms with Crippen LogP contribution < -0.4 is 5.32 Å². The molecule has 0 fully saturated rings. The minimum absolute atomic E-state index is 0.292. The van der Waals surface area contributed by atoms with Gasteiger partial charge in [-0.05, 0) is 54.8 Å². The monoisotopic (exact) mass is 274 g/mol. The van der Waals surface area contributed by atoms with Gasteiger partial charge in [-0.3, -0.25) is 4.98 Å². The molecule has 1 N–H and O–H groups in total. The first kappa shape index (κ1) is 14.0. The van der Waals surface area contributed by atoms with E-state index >= 15 is 0 Å². The molecule has 1 heterocycles. The zero-order chi connectivity index (χ0) is 13.7. The van der Waals surface area contributed by atoms with Gasteiger partial charge < -0.3 is 5.32 Å². The molecule has 0 amide bonds. The molecule has 0 spiro atoms. The largest absolute Gasteiger partial charge is 0.310 e. The van der Waals surface area contributed by atoms with Gasteiger partial charge in [0.2, 0.25) is 0 Å². The highest BCUT2D eigenvalue weighted by Gasteiger charge is 2.13. The molecule has 1 atom stereocenters. The Balaban J connectivity index is 2.21. The van der Waals surface area contributed by atoms with E-state index < -0.39 is 0 Å². The molecule has 1 aromatic heterocycles. The molecule has 100 valence electrons. The lowest BCUT2D eigenvalue weighted by Crippen LogP contribution is -2.23. The van der Waals surface area contributed by atoms with Crippen LogP contribution in [-0.4, -0.2) is 11.5 Å². The fourth-order valence-electron chi connectivity index (χ4n) is 2.24. The van der Waals surface area contributed by atoms with Gasteiger partial charge in [-0.2, -0.15) is 0 Å². The quantitative estimate of drug-likeness (QED) is 0.893. The molecule has 0 aliphatic rings. The number of rotatable bonds is 5. The normalized spacial score (nSPS) is 12.4. The lowest BCUT2D eigenvalue weighted by atomic mass is 9.97. The molecular weight excluding hydrogens is 256 g/mol. The summed E-state index contributed by atoms with van der Waals surface area (Å²) in [6, 6.07) is 10.4. The summed E-state index contributed by atoms with van der Waals surface area (Å²) < 4.78 is 0. The maximum absolute atomic E-state index is 5.93. The van der Waals surface area contributed by atoms with Crippen LogP contribution in [0.3, 0.4) is 0 Å². The fourth-order valence-corrected chi connectivity index (χ4v) is 2.36. The Bertz CT molecular complexity index is 523. The van der Waals surface area contributed by atoms with Crippen LogP contribution in [0.1, 0.15) is 29.7 Å². The average Bonchev–Trinajstić information content (AvgIpc) is 2.41. The smallest absolute Gasteiger partial charge is 0.0406 e. The van der Waals surface area contributed by atoms with Crippen molar-refractivity contribution >= 4 is 11.6 Å². The minimum Gasteiger partial charge on any atom is -0.310 e. The Morgan fingerprint density at radius 2 is 1.95 bits per heavy atom. The maximum Gasteiger partial charge on any atom is 0.0406 e. The van der Waals surface area contributed by atoms with E-state index in [2.05, 4.69) is 42.3 Å². The van der Waals surface area contributed by atoms with Gasteiger partial charge in [0.25, 0.3) is 0 Å². The van der Waals surface area contributed by atoms with E-state index in [4.69, 9.17) is 11.6 Å². The highest BCUT2D eigenvalue weighted by molar-refractivity contribution is 6.30. The van der Waals surface area contributed by atoms with Crippen LogP contribution in [0, 0.1) is 6.92 Å². The summed E-state index contributed by atoms with van der Waals surface area (Å²) in [4.78, 5) is 4.24. The zero-order valence-corrected chi connectivity index (χ0v) is 12.1. The predicted octanol–water partition coefficient (Wildman–Crippen LogP) is 3.94. The summed E-state index contributed by atoms with van der Waals surface area (Å²) in [5, 5.41) is 4.31. The molecule has 2 rings (SSSR count). The van der Waals surface area contributed by atoms with Gasteiger partial charge >= 0.3 is 0 Å². The number of hydrogen-bond acceptors (Lipinski definition) is 2. The number of benzene rings is 1. The van der Waals surface area contributed by atoms with Crippen LogP contribution in [0.15, 0.2) is 42.7 Å². The molecule has 0 saturated heterocycles. The van der Waals surface area contributed by atoms with Crippen LogP contribution in [0.2, 0.25) is 5.02 Å². The third kappa shape index (κ3) is 3.79. The van der Waals surface area contributed by atoms with E-state index in [0.717, 1.165) is 18.0 Å². The van der Waals surface area contributed by atoms with E-state index in [1.807, 2.05) is 24.5 Å². The van der Waals surface area contributed by atoms with Gasteiger partial charge in [-0.25, -0.2) is 0 Å². The summed E-state index contributed by atoms with van der Waals surface area (Å²) in [6.07, 6.45) is 4.74. The number of likely N-dealkylation sites (N-methyl/N-ethyl adjacent to an activating group) is 1. The number of aromatic nitrogens is 1. The lowest BCUT2D eigenvalue weighted by molar-refractivity contribution is 0.545. The third-order valence-electron chi connectivity index (χ3n) is 3.26. The van der Waals surface area contributed by atoms with Crippen molar-refractivity contribution in [1.82, 2.24) is 10.3 Å². The second-order valence-electron chi connectivity index (χ2n) is 4.67. The van der Waals surface area contributed by atoms with E-state index in [9.17, 15) is 0 Å². The molecule has 3 heteroatoms. The van der Waals surface area contributed by atoms with E-state index in [1.54, 1.807) is 0 Å². The zero-order valence-electron chi connectivity index (χ0n) is 11.4. The Hall–Kier alpha value is -1.38. The molecule has 1 unspecified atom stereocenters. The second-order valence-corrected chi connectivity index (χ2v) is 5.11. The van der Waals surface area contributed by atoms with Crippen LogP contribution in [0.25, 0.3) is 0 Å². The first-order chi connectivity index (χ1) is 9.20. The maximum atomic E-state index is 5.93. The summed E-state index contributed by atoms with van der Waals surface area (Å²) in [5.41, 5.74) is 3.81. The van der Waals surface area contributed by atoms with Crippen molar-refractivity contribution in [3.63, 3.8) is 0 Å². The molecule has 2 nitrogen and oxygen atoms in total.